The fourth-order valence-corrected chi connectivity index (χ4v) is 3.11. The molecule has 8 heteroatoms. The monoisotopic (exact) mass is 425 g/mol. The average molecular weight is 425 g/mol. The van der Waals surface area contributed by atoms with Crippen LogP contribution in [-0.4, -0.2) is 25.0 Å². The first-order valence-electron chi connectivity index (χ1n) is 9.46. The number of halogens is 2. The van der Waals surface area contributed by atoms with Crippen molar-refractivity contribution in [1.29, 1.82) is 0 Å². The largest absolute Gasteiger partial charge is 0.435 e. The molecule has 0 spiro atoms. The van der Waals surface area contributed by atoms with Crippen LogP contribution < -0.4 is 21.1 Å². The van der Waals surface area contributed by atoms with Gasteiger partial charge in [-0.25, -0.2) is 0 Å². The number of ether oxygens (including phenoxy) is 1. The lowest BCUT2D eigenvalue weighted by atomic mass is 9.98. The summed E-state index contributed by atoms with van der Waals surface area (Å²) in [6.45, 7) is -2.97. The van der Waals surface area contributed by atoms with Gasteiger partial charge < -0.3 is 15.8 Å². The highest BCUT2D eigenvalue weighted by Crippen LogP contribution is 2.25. The van der Waals surface area contributed by atoms with Crippen LogP contribution in [-0.2, 0) is 4.79 Å². The third kappa shape index (κ3) is 6.10. The predicted molar refractivity (Wildman–Crippen MR) is 113 cm³/mol. The molecule has 0 fully saturated rings. The van der Waals surface area contributed by atoms with Gasteiger partial charge in [0, 0.05) is 0 Å². The Hall–Kier alpha value is -3.78. The summed E-state index contributed by atoms with van der Waals surface area (Å²) in [5, 5.41) is 5.84. The lowest BCUT2D eigenvalue weighted by Crippen LogP contribution is -2.32. The van der Waals surface area contributed by atoms with E-state index in [-0.39, 0.29) is 29.8 Å². The molecule has 31 heavy (non-hydrogen) atoms. The van der Waals surface area contributed by atoms with E-state index < -0.39 is 12.5 Å². The second-order valence-electron chi connectivity index (χ2n) is 6.63. The van der Waals surface area contributed by atoms with Crippen LogP contribution in [0, 0.1) is 0 Å². The van der Waals surface area contributed by atoms with Crippen molar-refractivity contribution in [2.75, 3.05) is 11.9 Å². The van der Waals surface area contributed by atoms with E-state index in [1.165, 1.54) is 18.2 Å². The molecule has 6 nitrogen and oxygen atoms in total. The first-order valence-corrected chi connectivity index (χ1v) is 9.46. The summed E-state index contributed by atoms with van der Waals surface area (Å²) in [5.41, 5.74) is 7.53. The molecule has 0 aliphatic rings. The zero-order chi connectivity index (χ0) is 22.2. The number of carbonyl (C=O) groups is 2. The van der Waals surface area contributed by atoms with Crippen molar-refractivity contribution in [2.24, 2.45) is 5.73 Å². The highest BCUT2D eigenvalue weighted by atomic mass is 19.3. The molecule has 3 rings (SSSR count). The fourth-order valence-electron chi connectivity index (χ4n) is 3.11. The van der Waals surface area contributed by atoms with E-state index in [2.05, 4.69) is 15.4 Å². The molecular formula is C23H21F2N3O3. The minimum atomic E-state index is -2.90. The molecule has 1 unspecified atom stereocenters. The first-order chi connectivity index (χ1) is 14.9. The van der Waals surface area contributed by atoms with Crippen molar-refractivity contribution < 1.29 is 23.1 Å². The number of rotatable bonds is 9. The predicted octanol–water partition coefficient (Wildman–Crippen LogP) is 3.70. The Morgan fingerprint density at radius 1 is 0.871 bits per heavy atom. The van der Waals surface area contributed by atoms with E-state index in [4.69, 9.17) is 5.73 Å². The van der Waals surface area contributed by atoms with Gasteiger partial charge in [0.2, 0.25) is 5.91 Å². The number of alkyl halides is 2. The van der Waals surface area contributed by atoms with Gasteiger partial charge in [-0.1, -0.05) is 54.6 Å². The summed E-state index contributed by atoms with van der Waals surface area (Å²) in [6.07, 6.45) is 0. The van der Waals surface area contributed by atoms with Gasteiger partial charge in [-0.05, 0) is 35.4 Å². The van der Waals surface area contributed by atoms with E-state index in [0.717, 1.165) is 11.1 Å². The Morgan fingerprint density at radius 3 is 2.13 bits per heavy atom. The standard InChI is InChI=1S/C23H21F2N3O3/c24-23(25)31-17-12-10-16(11-13-17)21(15-6-2-1-3-7-15)27-14-20(29)28-19-9-5-4-8-18(19)22(26)30/h1-13,21,23,27H,14H2,(H2,26,30)(H,28,29). The number of primary amides is 1. The Kier molecular flexibility index (Phi) is 7.29. The topological polar surface area (TPSA) is 93.5 Å². The second kappa shape index (κ2) is 10.3. The molecule has 0 saturated carbocycles. The summed E-state index contributed by atoms with van der Waals surface area (Å²) in [6, 6.07) is 21.7. The Morgan fingerprint density at radius 2 is 1.48 bits per heavy atom. The molecule has 3 aromatic carbocycles. The number of nitrogens with one attached hydrogen (secondary N) is 2. The van der Waals surface area contributed by atoms with E-state index in [0.29, 0.717) is 5.69 Å². The number of benzene rings is 3. The Balaban J connectivity index is 1.74. The minimum absolute atomic E-state index is 0.0476. The maximum absolute atomic E-state index is 12.5. The van der Waals surface area contributed by atoms with E-state index in [9.17, 15) is 18.4 Å². The van der Waals surface area contributed by atoms with Gasteiger partial charge >= 0.3 is 6.61 Å². The summed E-state index contributed by atoms with van der Waals surface area (Å²) < 4.78 is 29.2. The Labute approximate surface area is 178 Å². The van der Waals surface area contributed by atoms with Gasteiger partial charge in [0.1, 0.15) is 5.75 Å². The van der Waals surface area contributed by atoms with Crippen LogP contribution in [0.2, 0.25) is 0 Å². The highest BCUT2D eigenvalue weighted by molar-refractivity contribution is 6.03. The van der Waals surface area contributed by atoms with Crippen LogP contribution in [0.3, 0.4) is 0 Å². The van der Waals surface area contributed by atoms with Crippen LogP contribution in [0.15, 0.2) is 78.9 Å². The van der Waals surface area contributed by atoms with E-state index in [1.807, 2.05) is 30.3 Å². The zero-order valence-electron chi connectivity index (χ0n) is 16.4. The molecule has 2 amide bonds. The fraction of sp³-hybridized carbons (Fsp3) is 0.130. The van der Waals surface area contributed by atoms with Crippen LogP contribution in [0.5, 0.6) is 5.75 Å². The highest BCUT2D eigenvalue weighted by Gasteiger charge is 2.17. The normalized spacial score (nSPS) is 11.7. The number of nitrogens with two attached hydrogens (primary N) is 1. The number of para-hydroxylation sites is 1. The van der Waals surface area contributed by atoms with E-state index >= 15 is 0 Å². The Bertz CT molecular complexity index is 1030. The SMILES string of the molecule is NC(=O)c1ccccc1NC(=O)CNC(c1ccccc1)c1ccc(OC(F)F)cc1. The lowest BCUT2D eigenvalue weighted by Gasteiger charge is -2.20. The van der Waals surface area contributed by atoms with Crippen molar-refractivity contribution in [2.45, 2.75) is 12.7 Å². The van der Waals surface area contributed by atoms with Gasteiger partial charge in [-0.2, -0.15) is 8.78 Å². The smallest absolute Gasteiger partial charge is 0.387 e. The third-order valence-corrected chi connectivity index (χ3v) is 4.50. The van der Waals surface area contributed by atoms with Crippen molar-refractivity contribution in [3.05, 3.63) is 95.6 Å². The van der Waals surface area contributed by atoms with Crippen LogP contribution in [0.4, 0.5) is 14.5 Å². The molecule has 0 saturated heterocycles. The quantitative estimate of drug-likeness (QED) is 0.487. The van der Waals surface area contributed by atoms with Gasteiger partial charge in [-0.3, -0.25) is 14.9 Å². The first kappa shape index (κ1) is 21.9. The van der Waals surface area contributed by atoms with Crippen molar-refractivity contribution in [3.8, 4) is 5.75 Å². The average Bonchev–Trinajstić information content (AvgIpc) is 2.75. The van der Waals surface area contributed by atoms with Crippen molar-refractivity contribution in [1.82, 2.24) is 5.32 Å². The molecule has 0 aliphatic carbocycles. The summed E-state index contributed by atoms with van der Waals surface area (Å²) in [7, 11) is 0. The van der Waals surface area contributed by atoms with Crippen molar-refractivity contribution in [3.63, 3.8) is 0 Å². The minimum Gasteiger partial charge on any atom is -0.435 e. The maximum Gasteiger partial charge on any atom is 0.387 e. The molecule has 4 N–H and O–H groups in total. The molecule has 0 heterocycles. The van der Waals surface area contributed by atoms with Gasteiger partial charge in [0.05, 0.1) is 23.8 Å². The third-order valence-electron chi connectivity index (χ3n) is 4.50. The molecule has 160 valence electrons. The summed E-state index contributed by atoms with van der Waals surface area (Å²) in [4.78, 5) is 24.0. The van der Waals surface area contributed by atoms with Gasteiger partial charge in [0.25, 0.3) is 5.91 Å². The number of anilines is 1. The van der Waals surface area contributed by atoms with Crippen LogP contribution in [0.1, 0.15) is 27.5 Å². The molecule has 0 radical (unpaired) electrons. The molecule has 0 aliphatic heterocycles. The molecule has 0 bridgehead atoms. The molecule has 0 aromatic heterocycles. The number of amides is 2. The summed E-state index contributed by atoms with van der Waals surface area (Å²) in [5.74, 6) is -0.962. The van der Waals surface area contributed by atoms with Crippen molar-refractivity contribution >= 4 is 17.5 Å². The zero-order valence-corrected chi connectivity index (χ0v) is 16.4. The van der Waals surface area contributed by atoms with Crippen LogP contribution in [0.25, 0.3) is 0 Å². The number of carbonyl (C=O) groups excluding carboxylic acids is 2. The maximum atomic E-state index is 12.5. The lowest BCUT2D eigenvalue weighted by molar-refractivity contribution is -0.115. The molecular weight excluding hydrogens is 404 g/mol. The number of hydrogen-bond donors (Lipinski definition) is 3. The summed E-state index contributed by atoms with van der Waals surface area (Å²) >= 11 is 0. The second-order valence-corrected chi connectivity index (χ2v) is 6.63. The van der Waals surface area contributed by atoms with Crippen LogP contribution >= 0.6 is 0 Å². The van der Waals surface area contributed by atoms with E-state index in [1.54, 1.807) is 30.3 Å². The van der Waals surface area contributed by atoms with Gasteiger partial charge in [-0.15, -0.1) is 0 Å². The number of hydrogen-bond acceptors (Lipinski definition) is 4. The van der Waals surface area contributed by atoms with Gasteiger partial charge in [0.15, 0.2) is 0 Å². The molecule has 1 atom stereocenters. The molecule has 3 aromatic rings.